The predicted octanol–water partition coefficient (Wildman–Crippen LogP) is 5.94. The maximum absolute atomic E-state index is 13.2. The highest BCUT2D eigenvalue weighted by Crippen LogP contribution is 2.51. The molecule has 0 bridgehead atoms. The zero-order valence-corrected chi connectivity index (χ0v) is 19.8. The van der Waals surface area contributed by atoms with Gasteiger partial charge in [-0.3, -0.25) is 4.72 Å². The van der Waals surface area contributed by atoms with Gasteiger partial charge in [-0.25, -0.2) is 8.42 Å². The Bertz CT molecular complexity index is 1350. The number of aryl methyl sites for hydroxylation is 2. The number of benzene rings is 3. The van der Waals surface area contributed by atoms with E-state index in [4.69, 9.17) is 4.74 Å². The summed E-state index contributed by atoms with van der Waals surface area (Å²) < 4.78 is 34.8. The molecule has 6 heteroatoms. The Kier molecular flexibility index (Phi) is 5.41. The van der Waals surface area contributed by atoms with Gasteiger partial charge < -0.3 is 10.1 Å². The number of sulfonamides is 1. The van der Waals surface area contributed by atoms with Gasteiger partial charge in [0.15, 0.2) is 0 Å². The number of rotatable bonds is 5. The summed E-state index contributed by atoms with van der Waals surface area (Å²) in [5.74, 6) is 1.30. The summed E-state index contributed by atoms with van der Waals surface area (Å²) in [6.07, 6.45) is 5.34. The summed E-state index contributed by atoms with van der Waals surface area (Å²) in [6.45, 7) is 3.90. The molecule has 0 saturated heterocycles. The van der Waals surface area contributed by atoms with E-state index in [2.05, 4.69) is 28.3 Å². The molecule has 1 aliphatic heterocycles. The fourth-order valence-corrected chi connectivity index (χ4v) is 6.27. The number of para-hydroxylation sites is 1. The average molecular weight is 461 g/mol. The Morgan fingerprint density at radius 1 is 1.00 bits per heavy atom. The molecule has 0 spiro atoms. The van der Waals surface area contributed by atoms with E-state index in [9.17, 15) is 8.42 Å². The van der Waals surface area contributed by atoms with Gasteiger partial charge in [0.25, 0.3) is 10.0 Å². The van der Waals surface area contributed by atoms with E-state index >= 15 is 0 Å². The number of nitrogens with one attached hydrogen (secondary N) is 2. The van der Waals surface area contributed by atoms with Crippen molar-refractivity contribution in [2.75, 3.05) is 17.1 Å². The summed E-state index contributed by atoms with van der Waals surface area (Å²) in [5.41, 5.74) is 5.70. The molecular formula is C27H28N2O3S. The molecule has 3 unspecified atom stereocenters. The second kappa shape index (κ2) is 8.27. The zero-order chi connectivity index (χ0) is 23.2. The monoisotopic (exact) mass is 460 g/mol. The minimum atomic E-state index is -3.71. The van der Waals surface area contributed by atoms with Crippen molar-refractivity contribution in [2.45, 2.75) is 37.1 Å². The third kappa shape index (κ3) is 3.89. The van der Waals surface area contributed by atoms with Crippen LogP contribution in [0.2, 0.25) is 0 Å². The molecule has 5 nitrogen and oxygen atoms in total. The lowest BCUT2D eigenvalue weighted by Crippen LogP contribution is -2.29. The van der Waals surface area contributed by atoms with Crippen LogP contribution >= 0.6 is 0 Å². The van der Waals surface area contributed by atoms with Crippen LogP contribution < -0.4 is 14.8 Å². The Balaban J connectivity index is 1.50. The molecule has 0 fully saturated rings. The van der Waals surface area contributed by atoms with Crippen molar-refractivity contribution in [1.82, 2.24) is 0 Å². The quantitative estimate of drug-likeness (QED) is 0.463. The van der Waals surface area contributed by atoms with Crippen LogP contribution in [0, 0.1) is 19.8 Å². The second-order valence-electron chi connectivity index (χ2n) is 8.89. The van der Waals surface area contributed by atoms with Gasteiger partial charge in [-0.2, -0.15) is 0 Å². The highest BCUT2D eigenvalue weighted by atomic mass is 32.2. The third-order valence-corrected chi connectivity index (χ3v) is 8.11. The smallest absolute Gasteiger partial charge is 0.261 e. The fraction of sp³-hybridized carbons (Fsp3) is 0.259. The summed E-state index contributed by atoms with van der Waals surface area (Å²) >= 11 is 0. The molecule has 33 heavy (non-hydrogen) atoms. The molecular weight excluding hydrogens is 432 g/mol. The van der Waals surface area contributed by atoms with Gasteiger partial charge in [-0.05, 0) is 67.6 Å². The highest BCUT2D eigenvalue weighted by Gasteiger charge is 2.39. The normalized spacial score (nSPS) is 21.1. The Morgan fingerprint density at radius 3 is 2.61 bits per heavy atom. The summed E-state index contributed by atoms with van der Waals surface area (Å²) in [5, 5.41) is 3.67. The van der Waals surface area contributed by atoms with E-state index in [1.165, 1.54) is 0 Å². The average Bonchev–Trinajstić information content (AvgIpc) is 3.30. The number of allylic oxidation sites excluding steroid dienone is 2. The summed E-state index contributed by atoms with van der Waals surface area (Å²) in [6, 6.07) is 19.3. The van der Waals surface area contributed by atoms with Gasteiger partial charge in [-0.15, -0.1) is 0 Å². The number of hydrogen-bond acceptors (Lipinski definition) is 4. The van der Waals surface area contributed by atoms with Gasteiger partial charge in [0.05, 0.1) is 23.7 Å². The third-order valence-electron chi connectivity index (χ3n) is 6.74. The van der Waals surface area contributed by atoms with Crippen LogP contribution in [0.1, 0.15) is 40.6 Å². The van der Waals surface area contributed by atoms with Crippen LogP contribution in [0.5, 0.6) is 5.75 Å². The van der Waals surface area contributed by atoms with Gasteiger partial charge in [0, 0.05) is 17.2 Å². The first-order valence-electron chi connectivity index (χ1n) is 11.2. The molecule has 0 amide bonds. The lowest BCUT2D eigenvalue weighted by Gasteiger charge is -2.38. The van der Waals surface area contributed by atoms with E-state index in [1.54, 1.807) is 13.2 Å². The molecule has 2 aliphatic rings. The predicted molar refractivity (Wildman–Crippen MR) is 133 cm³/mol. The van der Waals surface area contributed by atoms with Crippen LogP contribution in [0.3, 0.4) is 0 Å². The van der Waals surface area contributed by atoms with E-state index in [1.807, 2.05) is 62.4 Å². The van der Waals surface area contributed by atoms with Crippen molar-refractivity contribution in [1.29, 1.82) is 0 Å². The van der Waals surface area contributed by atoms with Gasteiger partial charge in [0.1, 0.15) is 5.75 Å². The number of fused-ring (bicyclic) bond motifs is 3. The number of hydrogen-bond donors (Lipinski definition) is 2. The lowest BCUT2D eigenvalue weighted by atomic mass is 9.77. The molecule has 0 saturated carbocycles. The zero-order valence-electron chi connectivity index (χ0n) is 19.0. The number of ether oxygens (including phenoxy) is 1. The molecule has 3 aromatic rings. The Hall–Kier alpha value is -3.25. The van der Waals surface area contributed by atoms with Crippen molar-refractivity contribution in [2.24, 2.45) is 5.92 Å². The molecule has 0 radical (unpaired) electrons. The van der Waals surface area contributed by atoms with Crippen LogP contribution in [0.25, 0.3) is 0 Å². The molecule has 170 valence electrons. The van der Waals surface area contributed by atoms with Crippen LogP contribution in [0.4, 0.5) is 11.4 Å². The largest absolute Gasteiger partial charge is 0.496 e. The molecule has 3 aromatic carbocycles. The highest BCUT2D eigenvalue weighted by molar-refractivity contribution is 7.92. The second-order valence-corrected chi connectivity index (χ2v) is 10.6. The van der Waals surface area contributed by atoms with Gasteiger partial charge in [-0.1, -0.05) is 48.0 Å². The molecule has 1 aliphatic carbocycles. The molecule has 5 rings (SSSR count). The SMILES string of the molecule is COc1ccccc1C1Nc2ccc(S(=O)(=O)Nc3ccc(C)cc3C)cc2C2C=CCC21. The molecule has 3 atom stereocenters. The van der Waals surface area contributed by atoms with Crippen LogP contribution in [0.15, 0.2) is 77.7 Å². The summed E-state index contributed by atoms with van der Waals surface area (Å²) in [7, 11) is -2.01. The van der Waals surface area contributed by atoms with Crippen LogP contribution in [-0.2, 0) is 10.0 Å². The van der Waals surface area contributed by atoms with E-state index in [0.717, 1.165) is 40.1 Å². The minimum absolute atomic E-state index is 0.0874. The van der Waals surface area contributed by atoms with E-state index in [-0.39, 0.29) is 16.9 Å². The molecule has 2 N–H and O–H groups in total. The van der Waals surface area contributed by atoms with Crippen molar-refractivity contribution < 1.29 is 13.2 Å². The first-order valence-corrected chi connectivity index (χ1v) is 12.7. The van der Waals surface area contributed by atoms with Crippen molar-refractivity contribution in [3.8, 4) is 5.75 Å². The van der Waals surface area contributed by atoms with Crippen LogP contribution in [-0.4, -0.2) is 15.5 Å². The fourth-order valence-electron chi connectivity index (χ4n) is 5.10. The van der Waals surface area contributed by atoms with Gasteiger partial charge in [0.2, 0.25) is 0 Å². The van der Waals surface area contributed by atoms with Crippen molar-refractivity contribution in [3.63, 3.8) is 0 Å². The van der Waals surface area contributed by atoms with E-state index in [0.29, 0.717) is 11.6 Å². The topological polar surface area (TPSA) is 67.4 Å². The maximum atomic E-state index is 13.2. The van der Waals surface area contributed by atoms with Gasteiger partial charge >= 0.3 is 0 Å². The maximum Gasteiger partial charge on any atom is 0.261 e. The van der Waals surface area contributed by atoms with Crippen molar-refractivity contribution >= 4 is 21.4 Å². The summed E-state index contributed by atoms with van der Waals surface area (Å²) in [4.78, 5) is 0.276. The standard InChI is InChI=1S/C27H28N2O3S/c1-17-11-13-24(18(2)15-17)29-33(30,31)19-12-14-25-23(16-19)20-8-6-9-21(20)27(28-25)22-7-4-5-10-26(22)32-3/h4-8,10-16,20-21,27-29H,9H2,1-3H3. The molecule has 0 aromatic heterocycles. The number of anilines is 2. The Labute approximate surface area is 195 Å². The number of methoxy groups -OCH3 is 1. The van der Waals surface area contributed by atoms with Crippen molar-refractivity contribution in [3.05, 3.63) is 95.1 Å². The first kappa shape index (κ1) is 21.6. The van der Waals surface area contributed by atoms with E-state index < -0.39 is 10.0 Å². The first-order chi connectivity index (χ1) is 15.9. The Morgan fingerprint density at radius 2 is 1.82 bits per heavy atom. The lowest BCUT2D eigenvalue weighted by molar-refractivity contribution is 0.381. The minimum Gasteiger partial charge on any atom is -0.496 e. The molecule has 1 heterocycles.